The van der Waals surface area contributed by atoms with E-state index in [1.807, 2.05) is 42.5 Å². The smallest absolute Gasteiger partial charge is 0.272 e. The normalized spacial score (nSPS) is 10.4. The van der Waals surface area contributed by atoms with Gasteiger partial charge < -0.3 is 14.6 Å². The van der Waals surface area contributed by atoms with E-state index in [4.69, 9.17) is 4.42 Å². The number of hydrogen-bond acceptors (Lipinski definition) is 5. The molecule has 1 aromatic carbocycles. The fourth-order valence-corrected chi connectivity index (χ4v) is 2.29. The van der Waals surface area contributed by atoms with Gasteiger partial charge >= 0.3 is 0 Å². The first-order valence-corrected chi connectivity index (χ1v) is 7.60. The Morgan fingerprint density at radius 1 is 1.17 bits per heavy atom. The van der Waals surface area contributed by atoms with Crippen molar-refractivity contribution in [3.05, 3.63) is 78.1 Å². The molecule has 1 amide bonds. The van der Waals surface area contributed by atoms with E-state index >= 15 is 0 Å². The van der Waals surface area contributed by atoms with E-state index in [9.17, 15) is 4.79 Å². The lowest BCUT2D eigenvalue weighted by molar-refractivity contribution is 0.0779. The summed E-state index contributed by atoms with van der Waals surface area (Å²) in [5.41, 5.74) is 1.42. The third-order valence-corrected chi connectivity index (χ3v) is 3.52. The number of benzene rings is 1. The second kappa shape index (κ2) is 7.41. The third kappa shape index (κ3) is 3.98. The number of aromatic nitrogens is 2. The molecule has 2 heterocycles. The fraction of sp³-hybridized carbons (Fsp3) is 0.167. The first-order chi connectivity index (χ1) is 11.7. The van der Waals surface area contributed by atoms with Crippen molar-refractivity contribution in [1.29, 1.82) is 0 Å². The highest BCUT2D eigenvalue weighted by Crippen LogP contribution is 2.11. The molecule has 24 heavy (non-hydrogen) atoms. The van der Waals surface area contributed by atoms with E-state index in [0.717, 1.165) is 11.3 Å². The molecule has 3 rings (SSSR count). The minimum absolute atomic E-state index is 0.151. The molecule has 0 saturated carbocycles. The van der Waals surface area contributed by atoms with Gasteiger partial charge in [-0.3, -0.25) is 4.79 Å². The molecule has 6 heteroatoms. The second-order valence-corrected chi connectivity index (χ2v) is 5.37. The van der Waals surface area contributed by atoms with Crippen LogP contribution < -0.4 is 5.32 Å². The minimum Gasteiger partial charge on any atom is -0.467 e. The molecule has 0 bridgehead atoms. The Hall–Kier alpha value is -3.15. The number of furan rings is 1. The molecule has 0 saturated heterocycles. The zero-order valence-electron chi connectivity index (χ0n) is 13.3. The van der Waals surface area contributed by atoms with Crippen LogP contribution in [0, 0.1) is 0 Å². The van der Waals surface area contributed by atoms with Crippen LogP contribution in [-0.4, -0.2) is 27.8 Å². The van der Waals surface area contributed by atoms with Gasteiger partial charge in [-0.15, -0.1) is 0 Å². The van der Waals surface area contributed by atoms with Crippen molar-refractivity contribution in [2.45, 2.75) is 13.1 Å². The predicted octanol–water partition coefficient (Wildman–Crippen LogP) is 2.95. The van der Waals surface area contributed by atoms with Gasteiger partial charge in [0.25, 0.3) is 5.91 Å². The predicted molar refractivity (Wildman–Crippen MR) is 90.3 cm³/mol. The summed E-state index contributed by atoms with van der Waals surface area (Å²) in [7, 11) is 1.76. The quantitative estimate of drug-likeness (QED) is 0.755. The number of carbonyl (C=O) groups is 1. The average molecular weight is 322 g/mol. The molecule has 6 nitrogen and oxygen atoms in total. The SMILES string of the molecule is CN(Cc1ccccc1)C(=O)c1cc(NCc2ccco2)ncn1. The molecule has 0 fully saturated rings. The minimum atomic E-state index is -0.151. The lowest BCUT2D eigenvalue weighted by Gasteiger charge is -2.17. The summed E-state index contributed by atoms with van der Waals surface area (Å²) < 4.78 is 5.26. The number of nitrogens with one attached hydrogen (secondary N) is 1. The number of anilines is 1. The molecule has 122 valence electrons. The average Bonchev–Trinajstić information content (AvgIpc) is 3.14. The highest BCUT2D eigenvalue weighted by Gasteiger charge is 2.14. The number of carbonyl (C=O) groups excluding carboxylic acids is 1. The molecule has 0 aliphatic rings. The molecule has 0 aliphatic carbocycles. The summed E-state index contributed by atoms with van der Waals surface area (Å²) >= 11 is 0. The van der Waals surface area contributed by atoms with Crippen LogP contribution in [0.15, 0.2) is 65.5 Å². The first-order valence-electron chi connectivity index (χ1n) is 7.60. The van der Waals surface area contributed by atoms with Crippen LogP contribution in [0.4, 0.5) is 5.82 Å². The fourth-order valence-electron chi connectivity index (χ4n) is 2.29. The largest absolute Gasteiger partial charge is 0.467 e. The van der Waals surface area contributed by atoms with Gasteiger partial charge in [0.1, 0.15) is 23.6 Å². The third-order valence-electron chi connectivity index (χ3n) is 3.52. The molecule has 0 unspecified atom stereocenters. The van der Waals surface area contributed by atoms with Gasteiger partial charge in [0, 0.05) is 19.7 Å². The Labute approximate surface area is 140 Å². The Morgan fingerprint density at radius 2 is 2.00 bits per heavy atom. The van der Waals surface area contributed by atoms with Gasteiger partial charge in [-0.05, 0) is 17.7 Å². The summed E-state index contributed by atoms with van der Waals surface area (Å²) in [4.78, 5) is 22.4. The lowest BCUT2D eigenvalue weighted by Crippen LogP contribution is -2.27. The van der Waals surface area contributed by atoms with Crippen molar-refractivity contribution < 1.29 is 9.21 Å². The van der Waals surface area contributed by atoms with Crippen molar-refractivity contribution in [1.82, 2.24) is 14.9 Å². The highest BCUT2D eigenvalue weighted by molar-refractivity contribution is 5.92. The first kappa shape index (κ1) is 15.7. The van der Waals surface area contributed by atoms with Crippen LogP contribution in [0.3, 0.4) is 0 Å². The van der Waals surface area contributed by atoms with Gasteiger partial charge in [-0.2, -0.15) is 0 Å². The molecule has 0 radical (unpaired) electrons. The molecule has 0 aliphatic heterocycles. The van der Waals surface area contributed by atoms with Crippen molar-refractivity contribution in [2.75, 3.05) is 12.4 Å². The topological polar surface area (TPSA) is 71.3 Å². The van der Waals surface area contributed by atoms with E-state index in [1.165, 1.54) is 6.33 Å². The summed E-state index contributed by atoms with van der Waals surface area (Å²) in [5.74, 6) is 1.22. The Bertz CT molecular complexity index is 788. The van der Waals surface area contributed by atoms with Crippen LogP contribution >= 0.6 is 0 Å². The van der Waals surface area contributed by atoms with E-state index in [1.54, 1.807) is 24.3 Å². The summed E-state index contributed by atoms with van der Waals surface area (Å²) in [5, 5.41) is 3.12. The molecular weight excluding hydrogens is 304 g/mol. The molecule has 1 N–H and O–H groups in total. The van der Waals surface area contributed by atoms with Crippen LogP contribution in [0.5, 0.6) is 0 Å². The Balaban J connectivity index is 1.65. The van der Waals surface area contributed by atoms with Crippen molar-refractivity contribution in [3.63, 3.8) is 0 Å². The maximum absolute atomic E-state index is 12.5. The summed E-state index contributed by atoms with van der Waals surface area (Å²) in [6.45, 7) is 1.02. The standard InChI is InChI=1S/C18H18N4O2/c1-22(12-14-6-3-2-4-7-14)18(23)16-10-17(21-13-20-16)19-11-15-8-5-9-24-15/h2-10,13H,11-12H2,1H3,(H,19,20,21). The second-order valence-electron chi connectivity index (χ2n) is 5.37. The van der Waals surface area contributed by atoms with Crippen molar-refractivity contribution >= 4 is 11.7 Å². The van der Waals surface area contributed by atoms with Gasteiger partial charge in [0.05, 0.1) is 12.8 Å². The summed E-state index contributed by atoms with van der Waals surface area (Å²) in [6.07, 6.45) is 3.00. The van der Waals surface area contributed by atoms with E-state index in [-0.39, 0.29) is 5.91 Å². The molecule has 0 atom stereocenters. The van der Waals surface area contributed by atoms with Crippen LogP contribution in [0.1, 0.15) is 21.8 Å². The number of amides is 1. The maximum atomic E-state index is 12.5. The van der Waals surface area contributed by atoms with E-state index in [2.05, 4.69) is 15.3 Å². The summed E-state index contributed by atoms with van der Waals surface area (Å²) in [6, 6.07) is 15.2. The van der Waals surface area contributed by atoms with E-state index in [0.29, 0.717) is 24.6 Å². The van der Waals surface area contributed by atoms with E-state index < -0.39 is 0 Å². The lowest BCUT2D eigenvalue weighted by atomic mass is 10.2. The molecular formula is C18H18N4O2. The van der Waals surface area contributed by atoms with Gasteiger partial charge in [0.2, 0.25) is 0 Å². The highest BCUT2D eigenvalue weighted by atomic mass is 16.3. The Kier molecular flexibility index (Phi) is 4.86. The Morgan fingerprint density at radius 3 is 2.75 bits per heavy atom. The number of nitrogens with zero attached hydrogens (tertiary/aromatic N) is 3. The van der Waals surface area contributed by atoms with Crippen LogP contribution in [0.2, 0.25) is 0 Å². The maximum Gasteiger partial charge on any atom is 0.272 e. The zero-order valence-corrected chi connectivity index (χ0v) is 13.3. The molecule has 2 aromatic heterocycles. The van der Waals surface area contributed by atoms with Crippen LogP contribution in [-0.2, 0) is 13.1 Å². The number of hydrogen-bond donors (Lipinski definition) is 1. The van der Waals surface area contributed by atoms with Crippen LogP contribution in [0.25, 0.3) is 0 Å². The van der Waals surface area contributed by atoms with Crippen molar-refractivity contribution in [3.8, 4) is 0 Å². The van der Waals surface area contributed by atoms with Gasteiger partial charge in [-0.25, -0.2) is 9.97 Å². The zero-order chi connectivity index (χ0) is 16.8. The molecule has 0 spiro atoms. The van der Waals surface area contributed by atoms with Crippen molar-refractivity contribution in [2.24, 2.45) is 0 Å². The van der Waals surface area contributed by atoms with Gasteiger partial charge in [0.15, 0.2) is 0 Å². The molecule has 3 aromatic rings. The monoisotopic (exact) mass is 322 g/mol. The number of rotatable bonds is 6. The van der Waals surface area contributed by atoms with Gasteiger partial charge in [-0.1, -0.05) is 30.3 Å².